The third kappa shape index (κ3) is 3.96. The molecule has 0 heterocycles. The van der Waals surface area contributed by atoms with Crippen molar-refractivity contribution in [2.75, 3.05) is 7.05 Å². The molecule has 0 bridgehead atoms. The number of alkyl halides is 1. The van der Waals surface area contributed by atoms with Gasteiger partial charge < -0.3 is 0 Å². The highest BCUT2D eigenvalue weighted by molar-refractivity contribution is 7.88. The number of benzene rings is 1. The second-order valence-corrected chi connectivity index (χ2v) is 7.81. The van der Waals surface area contributed by atoms with E-state index in [1.54, 1.807) is 11.4 Å². The monoisotopic (exact) mass is 315 g/mol. The van der Waals surface area contributed by atoms with Gasteiger partial charge in [-0.1, -0.05) is 43.5 Å². The van der Waals surface area contributed by atoms with E-state index in [9.17, 15) is 8.42 Å². The molecule has 1 aliphatic rings. The molecule has 0 unspecified atom stereocenters. The van der Waals surface area contributed by atoms with Crippen molar-refractivity contribution in [3.63, 3.8) is 0 Å². The van der Waals surface area contributed by atoms with E-state index in [0.717, 1.165) is 36.8 Å². The maximum Gasteiger partial charge on any atom is 0.218 e. The Balaban J connectivity index is 2.05. The van der Waals surface area contributed by atoms with Gasteiger partial charge in [-0.15, -0.1) is 11.6 Å². The number of halogens is 1. The van der Waals surface area contributed by atoms with Gasteiger partial charge in [0.05, 0.1) is 5.75 Å². The molecule has 0 spiro atoms. The fourth-order valence-corrected chi connectivity index (χ4v) is 4.37. The summed E-state index contributed by atoms with van der Waals surface area (Å²) in [5, 5.41) is 0. The van der Waals surface area contributed by atoms with Crippen LogP contribution in [0.3, 0.4) is 0 Å². The fraction of sp³-hybridized carbons (Fsp3) is 0.600. The van der Waals surface area contributed by atoms with E-state index in [4.69, 9.17) is 11.6 Å². The van der Waals surface area contributed by atoms with Crippen LogP contribution in [0.2, 0.25) is 0 Å². The summed E-state index contributed by atoms with van der Waals surface area (Å²) >= 11 is 5.74. The van der Waals surface area contributed by atoms with Crippen molar-refractivity contribution in [1.29, 1.82) is 0 Å². The Kier molecular flexibility index (Phi) is 5.47. The molecule has 0 radical (unpaired) electrons. The van der Waals surface area contributed by atoms with Crippen LogP contribution >= 0.6 is 11.6 Å². The van der Waals surface area contributed by atoms with Gasteiger partial charge in [-0.25, -0.2) is 12.7 Å². The molecule has 0 saturated heterocycles. The van der Waals surface area contributed by atoms with Gasteiger partial charge in [-0.3, -0.25) is 0 Å². The zero-order chi connectivity index (χ0) is 14.6. The second-order valence-electron chi connectivity index (χ2n) is 5.51. The lowest BCUT2D eigenvalue weighted by Gasteiger charge is -2.30. The number of hydrogen-bond donors (Lipinski definition) is 0. The Bertz CT molecular complexity index is 521. The van der Waals surface area contributed by atoms with E-state index in [0.29, 0.717) is 5.88 Å². The molecule has 0 N–H and O–H groups in total. The zero-order valence-electron chi connectivity index (χ0n) is 11.9. The number of hydrogen-bond acceptors (Lipinski definition) is 2. The van der Waals surface area contributed by atoms with Crippen molar-refractivity contribution < 1.29 is 8.42 Å². The van der Waals surface area contributed by atoms with Crippen molar-refractivity contribution in [2.45, 2.75) is 49.8 Å². The van der Waals surface area contributed by atoms with Gasteiger partial charge in [-0.2, -0.15) is 0 Å². The predicted molar refractivity (Wildman–Crippen MR) is 83.3 cm³/mol. The van der Waals surface area contributed by atoms with Crippen LogP contribution in [0.4, 0.5) is 0 Å². The van der Waals surface area contributed by atoms with Crippen molar-refractivity contribution in [1.82, 2.24) is 4.31 Å². The highest BCUT2D eigenvalue weighted by atomic mass is 35.5. The summed E-state index contributed by atoms with van der Waals surface area (Å²) in [5.41, 5.74) is 1.83. The minimum atomic E-state index is -3.23. The topological polar surface area (TPSA) is 37.4 Å². The summed E-state index contributed by atoms with van der Waals surface area (Å²) in [5.74, 6) is 0.525. The van der Waals surface area contributed by atoms with Crippen LogP contribution in [0.1, 0.15) is 43.2 Å². The number of sulfonamides is 1. The van der Waals surface area contributed by atoms with Crippen molar-refractivity contribution in [2.24, 2.45) is 0 Å². The molecule has 0 aliphatic heterocycles. The molecule has 1 aromatic carbocycles. The zero-order valence-corrected chi connectivity index (χ0v) is 13.5. The molecule has 3 nitrogen and oxygen atoms in total. The van der Waals surface area contributed by atoms with E-state index in [2.05, 4.69) is 0 Å². The van der Waals surface area contributed by atoms with E-state index < -0.39 is 10.0 Å². The summed E-state index contributed by atoms with van der Waals surface area (Å²) in [6, 6.07) is 7.65. The van der Waals surface area contributed by atoms with Crippen molar-refractivity contribution >= 4 is 21.6 Å². The first-order valence-corrected chi connectivity index (χ1v) is 9.27. The van der Waals surface area contributed by atoms with Gasteiger partial charge in [0.25, 0.3) is 0 Å². The summed E-state index contributed by atoms with van der Waals surface area (Å²) in [6.07, 6.45) is 5.47. The quantitative estimate of drug-likeness (QED) is 0.780. The van der Waals surface area contributed by atoms with E-state index in [-0.39, 0.29) is 11.8 Å². The fourth-order valence-electron chi connectivity index (χ4n) is 2.71. The Morgan fingerprint density at radius 2 is 1.65 bits per heavy atom. The van der Waals surface area contributed by atoms with Gasteiger partial charge in [-0.05, 0) is 24.0 Å². The molecule has 2 rings (SSSR count). The Labute approximate surface area is 127 Å². The molecule has 5 heteroatoms. The van der Waals surface area contributed by atoms with E-state index in [1.807, 2.05) is 24.3 Å². The standard InChI is InChI=1S/C15H22ClNO2S/c1-17(15-5-3-2-4-6-15)20(18,19)12-14-9-7-13(11-16)8-10-14/h7-10,15H,2-6,11-12H2,1H3. The first-order valence-electron chi connectivity index (χ1n) is 7.12. The van der Waals surface area contributed by atoms with E-state index >= 15 is 0 Å². The van der Waals surface area contributed by atoms with Crippen LogP contribution in [0.15, 0.2) is 24.3 Å². The highest BCUT2D eigenvalue weighted by Crippen LogP contribution is 2.24. The van der Waals surface area contributed by atoms with Crippen LogP contribution in [0, 0.1) is 0 Å². The smallest absolute Gasteiger partial charge is 0.212 e. The van der Waals surface area contributed by atoms with Gasteiger partial charge in [0.2, 0.25) is 10.0 Å². The summed E-state index contributed by atoms with van der Waals surface area (Å²) < 4.78 is 26.5. The molecule has 0 aromatic heterocycles. The second kappa shape index (κ2) is 6.92. The number of nitrogens with zero attached hydrogens (tertiary/aromatic N) is 1. The van der Waals surface area contributed by atoms with Gasteiger partial charge >= 0.3 is 0 Å². The third-order valence-electron chi connectivity index (χ3n) is 4.05. The lowest BCUT2D eigenvalue weighted by molar-refractivity contribution is 0.285. The lowest BCUT2D eigenvalue weighted by Crippen LogP contribution is -2.38. The van der Waals surface area contributed by atoms with Crippen LogP contribution < -0.4 is 0 Å². The summed E-state index contributed by atoms with van der Waals surface area (Å²) in [7, 11) is -1.51. The highest BCUT2D eigenvalue weighted by Gasteiger charge is 2.27. The van der Waals surface area contributed by atoms with Crippen molar-refractivity contribution in [3.8, 4) is 0 Å². The molecule has 20 heavy (non-hydrogen) atoms. The number of rotatable bonds is 5. The molecule has 1 aromatic rings. The average molecular weight is 316 g/mol. The van der Waals surface area contributed by atoms with Crippen molar-refractivity contribution in [3.05, 3.63) is 35.4 Å². The molecule has 112 valence electrons. The maximum absolute atomic E-state index is 12.5. The lowest BCUT2D eigenvalue weighted by atomic mass is 9.96. The molecular weight excluding hydrogens is 294 g/mol. The Hall–Kier alpha value is -0.580. The third-order valence-corrected chi connectivity index (χ3v) is 6.24. The normalized spacial score (nSPS) is 17.6. The SMILES string of the molecule is CN(C1CCCCC1)S(=O)(=O)Cc1ccc(CCl)cc1. The minimum absolute atomic E-state index is 0.0720. The van der Waals surface area contributed by atoms with Crippen LogP contribution in [0.25, 0.3) is 0 Å². The average Bonchev–Trinajstić information content (AvgIpc) is 2.48. The molecule has 1 saturated carbocycles. The Morgan fingerprint density at radius 1 is 1.10 bits per heavy atom. The first kappa shape index (κ1) is 15.8. The van der Waals surface area contributed by atoms with Crippen LogP contribution in [-0.2, 0) is 21.7 Å². The molecule has 1 aliphatic carbocycles. The van der Waals surface area contributed by atoms with Gasteiger partial charge in [0, 0.05) is 19.0 Å². The maximum atomic E-state index is 12.5. The van der Waals surface area contributed by atoms with Crippen LogP contribution in [-0.4, -0.2) is 25.8 Å². The first-order chi connectivity index (χ1) is 9.53. The van der Waals surface area contributed by atoms with E-state index in [1.165, 1.54) is 6.42 Å². The summed E-state index contributed by atoms with van der Waals surface area (Å²) in [6.45, 7) is 0. The van der Waals surface area contributed by atoms with Crippen LogP contribution in [0.5, 0.6) is 0 Å². The molecular formula is C15H22ClNO2S. The predicted octanol–water partition coefficient (Wildman–Crippen LogP) is 3.52. The summed E-state index contributed by atoms with van der Waals surface area (Å²) in [4.78, 5) is 0. The Morgan fingerprint density at radius 3 is 2.20 bits per heavy atom. The molecule has 1 fully saturated rings. The van der Waals surface area contributed by atoms with Gasteiger partial charge in [0.1, 0.15) is 0 Å². The largest absolute Gasteiger partial charge is 0.218 e. The van der Waals surface area contributed by atoms with Gasteiger partial charge in [0.15, 0.2) is 0 Å². The molecule has 0 amide bonds. The molecule has 0 atom stereocenters. The minimum Gasteiger partial charge on any atom is -0.212 e.